The topological polar surface area (TPSA) is 89.9 Å². The molecule has 0 amide bonds. The van der Waals surface area contributed by atoms with Crippen molar-refractivity contribution in [3.8, 4) is 11.9 Å². The largest absolute Gasteiger partial charge is 0.497 e. The van der Waals surface area contributed by atoms with E-state index in [9.17, 15) is 5.26 Å². The third kappa shape index (κ3) is 3.96. The molecule has 0 spiro atoms. The molecule has 2 aromatic carbocycles. The minimum absolute atomic E-state index is 0.558. The van der Waals surface area contributed by atoms with Crippen molar-refractivity contribution in [3.05, 3.63) is 59.1 Å². The Morgan fingerprint density at radius 1 is 1.24 bits per heavy atom. The van der Waals surface area contributed by atoms with Crippen molar-refractivity contribution >= 4 is 34.8 Å². The van der Waals surface area contributed by atoms with Crippen LogP contribution in [0.4, 0.5) is 17.1 Å². The molecule has 148 valence electrons. The number of nitrogens with one attached hydrogen (secondary N) is 1. The Morgan fingerprint density at radius 2 is 2.03 bits per heavy atom. The van der Waals surface area contributed by atoms with Crippen LogP contribution in [0.1, 0.15) is 6.42 Å². The standard InChI is InChI=1S/C21H22N6OS/c1-28-16-8-6-15(7-9-16)25-21(24-13-22)26-11-10-19-20(12-26)29-14-27(19)18-5-3-2-4-17(18)23/h2-9H,10-12,14,23H2,1H3,(H,24,25). The quantitative estimate of drug-likeness (QED) is 0.265. The second-order valence-corrected chi connectivity index (χ2v) is 7.71. The van der Waals surface area contributed by atoms with Crippen LogP contribution < -0.4 is 20.7 Å². The summed E-state index contributed by atoms with van der Waals surface area (Å²) in [6.07, 6.45) is 2.88. The molecule has 3 N–H and O–H groups in total. The molecule has 0 fully saturated rings. The molecule has 0 unspecified atom stereocenters. The highest BCUT2D eigenvalue weighted by Crippen LogP contribution is 2.41. The smallest absolute Gasteiger partial charge is 0.212 e. The molecule has 7 nitrogen and oxygen atoms in total. The van der Waals surface area contributed by atoms with E-state index in [1.807, 2.05) is 60.4 Å². The third-order valence-corrected chi connectivity index (χ3v) is 6.07. The number of rotatable bonds is 3. The van der Waals surface area contributed by atoms with Gasteiger partial charge in [0.2, 0.25) is 5.96 Å². The van der Waals surface area contributed by atoms with Crippen LogP contribution in [-0.2, 0) is 0 Å². The van der Waals surface area contributed by atoms with E-state index < -0.39 is 0 Å². The summed E-state index contributed by atoms with van der Waals surface area (Å²) < 4.78 is 5.19. The second kappa shape index (κ2) is 8.37. The average molecular weight is 407 g/mol. The lowest BCUT2D eigenvalue weighted by Gasteiger charge is -2.32. The van der Waals surface area contributed by atoms with Gasteiger partial charge >= 0.3 is 0 Å². The molecular formula is C21H22N6OS. The highest BCUT2D eigenvalue weighted by atomic mass is 32.2. The van der Waals surface area contributed by atoms with Crippen molar-refractivity contribution in [3.63, 3.8) is 0 Å². The van der Waals surface area contributed by atoms with Crippen LogP contribution in [0.15, 0.2) is 64.1 Å². The predicted octanol–water partition coefficient (Wildman–Crippen LogP) is 3.46. The van der Waals surface area contributed by atoms with Gasteiger partial charge in [0.1, 0.15) is 5.75 Å². The zero-order chi connectivity index (χ0) is 20.2. The van der Waals surface area contributed by atoms with Crippen molar-refractivity contribution in [2.24, 2.45) is 4.99 Å². The zero-order valence-corrected chi connectivity index (χ0v) is 16.9. The highest BCUT2D eigenvalue weighted by molar-refractivity contribution is 8.03. The molecule has 0 saturated carbocycles. The fraction of sp³-hybridized carbons (Fsp3) is 0.238. The van der Waals surface area contributed by atoms with E-state index in [0.29, 0.717) is 12.5 Å². The van der Waals surface area contributed by atoms with Crippen molar-refractivity contribution in [1.82, 2.24) is 10.2 Å². The Kier molecular flexibility index (Phi) is 5.49. The number of anilines is 2. The average Bonchev–Trinajstić information content (AvgIpc) is 3.17. The van der Waals surface area contributed by atoms with E-state index in [2.05, 4.69) is 26.2 Å². The van der Waals surface area contributed by atoms with Crippen molar-refractivity contribution in [2.45, 2.75) is 6.42 Å². The third-order valence-electron chi connectivity index (χ3n) is 4.97. The molecule has 8 heteroatoms. The fourth-order valence-corrected chi connectivity index (χ4v) is 4.70. The van der Waals surface area contributed by atoms with Crippen LogP contribution in [0.3, 0.4) is 0 Å². The molecule has 2 aliphatic heterocycles. The van der Waals surface area contributed by atoms with E-state index in [0.717, 1.165) is 41.7 Å². The number of nitrogens with two attached hydrogens (primary N) is 1. The van der Waals surface area contributed by atoms with Gasteiger partial charge in [0.25, 0.3) is 0 Å². The Hall–Kier alpha value is -3.31. The maximum atomic E-state index is 9.21. The van der Waals surface area contributed by atoms with Crippen LogP contribution in [0, 0.1) is 11.5 Å². The zero-order valence-electron chi connectivity index (χ0n) is 16.1. The Bertz CT molecular complexity index is 995. The van der Waals surface area contributed by atoms with E-state index in [4.69, 9.17) is 10.5 Å². The van der Waals surface area contributed by atoms with E-state index >= 15 is 0 Å². The summed E-state index contributed by atoms with van der Waals surface area (Å²) in [7, 11) is 1.63. The Labute approximate surface area is 174 Å². The number of ether oxygens (including phenoxy) is 1. The summed E-state index contributed by atoms with van der Waals surface area (Å²) >= 11 is 1.81. The molecule has 29 heavy (non-hydrogen) atoms. The lowest BCUT2D eigenvalue weighted by Crippen LogP contribution is -2.43. The number of thioether (sulfide) groups is 1. The first-order valence-electron chi connectivity index (χ1n) is 9.29. The first-order valence-corrected chi connectivity index (χ1v) is 10.3. The number of aliphatic imine (C=N–C) groups is 1. The molecule has 4 rings (SSSR count). The monoisotopic (exact) mass is 406 g/mol. The van der Waals surface area contributed by atoms with Crippen molar-refractivity contribution in [2.75, 3.05) is 36.7 Å². The SMILES string of the molecule is COc1ccc(N=C(NC#N)N2CCC3=C(C2)SCN3c2ccccc2N)cc1. The summed E-state index contributed by atoms with van der Waals surface area (Å²) in [6.45, 7) is 1.49. The lowest BCUT2D eigenvalue weighted by molar-refractivity contribution is 0.415. The van der Waals surface area contributed by atoms with Crippen LogP contribution in [-0.4, -0.2) is 36.9 Å². The number of nitrogen functional groups attached to an aromatic ring is 1. The summed E-state index contributed by atoms with van der Waals surface area (Å²) in [5.41, 5.74) is 10.1. The van der Waals surface area contributed by atoms with Gasteiger partial charge in [-0.25, -0.2) is 4.99 Å². The van der Waals surface area contributed by atoms with E-state index in [1.54, 1.807) is 7.11 Å². The summed E-state index contributed by atoms with van der Waals surface area (Å²) in [4.78, 5) is 10.3. The van der Waals surface area contributed by atoms with Crippen LogP contribution in [0.5, 0.6) is 5.75 Å². The summed E-state index contributed by atoms with van der Waals surface area (Å²) in [6, 6.07) is 15.4. The number of methoxy groups -OCH3 is 1. The summed E-state index contributed by atoms with van der Waals surface area (Å²) in [5.74, 6) is 2.18. The normalized spacial score (nSPS) is 16.5. The van der Waals surface area contributed by atoms with Gasteiger partial charge in [-0.1, -0.05) is 12.1 Å². The Balaban J connectivity index is 1.56. The molecule has 0 saturated heterocycles. The first kappa shape index (κ1) is 19.0. The molecule has 2 aromatic rings. The van der Waals surface area contributed by atoms with Gasteiger partial charge in [0, 0.05) is 23.6 Å². The molecule has 0 aromatic heterocycles. The van der Waals surface area contributed by atoms with Gasteiger partial charge < -0.3 is 20.3 Å². The molecule has 0 atom stereocenters. The van der Waals surface area contributed by atoms with Crippen LogP contribution in [0.2, 0.25) is 0 Å². The van der Waals surface area contributed by atoms with Crippen LogP contribution >= 0.6 is 11.8 Å². The number of para-hydroxylation sites is 2. The van der Waals surface area contributed by atoms with E-state index in [1.165, 1.54) is 10.6 Å². The van der Waals surface area contributed by atoms with Gasteiger partial charge in [-0.3, -0.25) is 5.32 Å². The summed E-state index contributed by atoms with van der Waals surface area (Å²) in [5, 5.41) is 12.0. The van der Waals surface area contributed by atoms with Gasteiger partial charge in [-0.2, -0.15) is 5.26 Å². The van der Waals surface area contributed by atoms with Gasteiger partial charge in [0.05, 0.1) is 36.6 Å². The predicted molar refractivity (Wildman–Crippen MR) is 118 cm³/mol. The van der Waals surface area contributed by atoms with Gasteiger partial charge in [0.15, 0.2) is 6.19 Å². The van der Waals surface area contributed by atoms with Crippen LogP contribution in [0.25, 0.3) is 0 Å². The molecule has 0 radical (unpaired) electrons. The minimum atomic E-state index is 0.558. The number of nitriles is 1. The number of hydrogen-bond acceptors (Lipinski definition) is 6. The van der Waals surface area contributed by atoms with Crippen molar-refractivity contribution in [1.29, 1.82) is 5.26 Å². The molecule has 2 heterocycles. The maximum absolute atomic E-state index is 9.21. The fourth-order valence-electron chi connectivity index (χ4n) is 3.49. The second-order valence-electron chi connectivity index (χ2n) is 6.67. The van der Waals surface area contributed by atoms with Gasteiger partial charge in [-0.15, -0.1) is 11.8 Å². The van der Waals surface area contributed by atoms with Gasteiger partial charge in [-0.05, 0) is 36.4 Å². The Morgan fingerprint density at radius 3 is 2.76 bits per heavy atom. The number of hydrogen-bond donors (Lipinski definition) is 2. The van der Waals surface area contributed by atoms with Crippen molar-refractivity contribution < 1.29 is 4.74 Å². The number of guanidine groups is 1. The maximum Gasteiger partial charge on any atom is 0.212 e. The van der Waals surface area contributed by atoms with E-state index in [-0.39, 0.29) is 0 Å². The minimum Gasteiger partial charge on any atom is -0.497 e. The molecular weight excluding hydrogens is 384 g/mol. The molecule has 0 bridgehead atoms. The molecule has 0 aliphatic carbocycles. The lowest BCUT2D eigenvalue weighted by atomic mass is 10.1. The molecule has 2 aliphatic rings. The first-order chi connectivity index (χ1) is 14.2. The number of benzene rings is 2. The highest BCUT2D eigenvalue weighted by Gasteiger charge is 2.31. The number of nitrogens with zero attached hydrogens (tertiary/aromatic N) is 4.